The van der Waals surface area contributed by atoms with Gasteiger partial charge >= 0.3 is 7.69 Å². The highest BCUT2D eigenvalue weighted by molar-refractivity contribution is 6.21. The lowest BCUT2D eigenvalue weighted by Gasteiger charge is -2.07. The fourth-order valence-electron chi connectivity index (χ4n) is 2.67. The molecule has 4 aromatic rings. The molecule has 0 aliphatic heterocycles. The van der Waals surface area contributed by atoms with E-state index in [2.05, 4.69) is 22.1 Å². The summed E-state index contributed by atoms with van der Waals surface area (Å²) in [6.07, 6.45) is 3.32. The average Bonchev–Trinajstić information content (AvgIpc) is 3.24. The zero-order valence-electron chi connectivity index (χ0n) is 12.9. The van der Waals surface area contributed by atoms with Crippen molar-refractivity contribution in [2.75, 3.05) is 0 Å². The predicted molar refractivity (Wildman–Crippen MR) is 93.0 cm³/mol. The van der Waals surface area contributed by atoms with Gasteiger partial charge in [0.15, 0.2) is 0 Å². The predicted octanol–water partition coefficient (Wildman–Crippen LogP) is 3.38. The van der Waals surface area contributed by atoms with Crippen molar-refractivity contribution in [1.29, 1.82) is 10.5 Å². The monoisotopic (exact) mass is 325 g/mol. The van der Waals surface area contributed by atoms with Crippen LogP contribution in [0, 0.1) is 22.7 Å². The van der Waals surface area contributed by atoms with Gasteiger partial charge in [0.05, 0.1) is 11.1 Å². The zero-order chi connectivity index (χ0) is 17.2. The Bertz CT molecular complexity index is 1070. The first-order chi connectivity index (χ1) is 12.3. The van der Waals surface area contributed by atoms with Crippen LogP contribution < -0.4 is 9.31 Å². The van der Waals surface area contributed by atoms with Crippen molar-refractivity contribution in [1.82, 2.24) is 9.97 Å². The largest absolute Gasteiger partial charge is 0.658 e. The summed E-state index contributed by atoms with van der Waals surface area (Å²) in [5.41, 5.74) is 2.85. The highest BCUT2D eigenvalue weighted by Crippen LogP contribution is 2.25. The van der Waals surface area contributed by atoms with Crippen molar-refractivity contribution in [3.05, 3.63) is 59.9 Å². The lowest BCUT2D eigenvalue weighted by atomic mass is 10.1. The highest BCUT2D eigenvalue weighted by atomic mass is 16.6. The molecule has 7 heteroatoms. The van der Waals surface area contributed by atoms with E-state index in [9.17, 15) is 0 Å². The number of hydrogen-bond donors (Lipinski definition) is 2. The SMILES string of the molecule is N#Cc1c[nH]c2ccc(O[B]Oc3ccc4[nH]cc(C#N)c4c3)cc12. The summed E-state index contributed by atoms with van der Waals surface area (Å²) in [5.74, 6) is 1.12. The molecule has 0 atom stereocenters. The Balaban J connectivity index is 1.49. The van der Waals surface area contributed by atoms with Gasteiger partial charge in [-0.15, -0.1) is 0 Å². The molecule has 4 rings (SSSR count). The van der Waals surface area contributed by atoms with Gasteiger partial charge in [-0.1, -0.05) is 0 Å². The maximum Gasteiger partial charge on any atom is 0.658 e. The van der Waals surface area contributed by atoms with Crippen molar-refractivity contribution >= 4 is 29.5 Å². The fraction of sp³-hybridized carbons (Fsp3) is 0. The standard InChI is InChI=1S/C18H10BN4O2/c20-7-11-9-22-17-3-1-13(5-15(11)17)24-19-25-14-2-4-18-16(6-14)12(8-21)10-23-18/h1-6,9-10,22-23H. The number of fused-ring (bicyclic) bond motifs is 2. The van der Waals surface area contributed by atoms with Crippen molar-refractivity contribution in [2.45, 2.75) is 0 Å². The van der Waals surface area contributed by atoms with E-state index in [1.165, 1.54) is 7.69 Å². The summed E-state index contributed by atoms with van der Waals surface area (Å²) < 4.78 is 11.0. The summed E-state index contributed by atoms with van der Waals surface area (Å²) in [6.45, 7) is 0. The van der Waals surface area contributed by atoms with Gasteiger partial charge in [-0.05, 0) is 36.4 Å². The molecular weight excluding hydrogens is 315 g/mol. The van der Waals surface area contributed by atoms with Crippen molar-refractivity contribution in [2.24, 2.45) is 0 Å². The maximum atomic E-state index is 9.08. The number of H-pyrrole nitrogens is 2. The molecule has 2 aromatic heterocycles. The first kappa shape index (κ1) is 14.7. The Kier molecular flexibility index (Phi) is 3.53. The molecule has 2 aromatic carbocycles. The van der Waals surface area contributed by atoms with E-state index in [-0.39, 0.29) is 0 Å². The number of benzene rings is 2. The molecule has 0 aliphatic carbocycles. The van der Waals surface area contributed by atoms with Gasteiger partial charge in [-0.2, -0.15) is 10.5 Å². The Hall–Kier alpha value is -3.84. The number of aromatic nitrogens is 2. The smallest absolute Gasteiger partial charge is 0.526 e. The van der Waals surface area contributed by atoms with Crippen molar-refractivity contribution < 1.29 is 9.31 Å². The molecule has 2 heterocycles. The number of hydrogen-bond acceptors (Lipinski definition) is 4. The molecule has 25 heavy (non-hydrogen) atoms. The van der Waals surface area contributed by atoms with Crippen LogP contribution in [-0.2, 0) is 0 Å². The lowest BCUT2D eigenvalue weighted by molar-refractivity contribution is 0.460. The molecule has 2 N–H and O–H groups in total. The van der Waals surface area contributed by atoms with E-state index >= 15 is 0 Å². The third-order valence-corrected chi connectivity index (χ3v) is 3.92. The molecule has 0 saturated heterocycles. The Morgan fingerprint density at radius 3 is 1.68 bits per heavy atom. The van der Waals surface area contributed by atoms with Crippen LogP contribution in [0.15, 0.2) is 48.8 Å². The number of nitrogens with one attached hydrogen (secondary N) is 2. The second kappa shape index (κ2) is 5.99. The van der Waals surface area contributed by atoms with E-state index in [1.807, 2.05) is 12.1 Å². The summed E-state index contributed by atoms with van der Waals surface area (Å²) in [6, 6.07) is 15.0. The Labute approximate surface area is 143 Å². The molecule has 0 spiro atoms. The van der Waals surface area contributed by atoms with E-state index in [0.717, 1.165) is 21.8 Å². The minimum absolute atomic E-state index is 0.559. The molecule has 6 nitrogen and oxygen atoms in total. The van der Waals surface area contributed by atoms with Gasteiger partial charge < -0.3 is 19.3 Å². The molecule has 1 radical (unpaired) electrons. The van der Waals surface area contributed by atoms with Gasteiger partial charge in [-0.3, -0.25) is 0 Å². The van der Waals surface area contributed by atoms with Gasteiger partial charge in [0.1, 0.15) is 23.6 Å². The highest BCUT2D eigenvalue weighted by Gasteiger charge is 2.08. The van der Waals surface area contributed by atoms with Crippen molar-refractivity contribution in [3.8, 4) is 23.6 Å². The summed E-state index contributed by atoms with van der Waals surface area (Å²) in [4.78, 5) is 6.05. The van der Waals surface area contributed by atoms with Crippen LogP contribution in [0.1, 0.15) is 11.1 Å². The number of rotatable bonds is 4. The van der Waals surface area contributed by atoms with Crippen LogP contribution >= 0.6 is 0 Å². The maximum absolute atomic E-state index is 9.08. The van der Waals surface area contributed by atoms with Gasteiger partial charge in [0, 0.05) is 34.2 Å². The summed E-state index contributed by atoms with van der Waals surface area (Å²) in [7, 11) is 1.22. The third-order valence-electron chi connectivity index (χ3n) is 3.92. The molecule has 0 aliphatic rings. The van der Waals surface area contributed by atoms with Gasteiger partial charge in [0.2, 0.25) is 0 Å². The first-order valence-electron chi connectivity index (χ1n) is 7.46. The summed E-state index contributed by atoms with van der Waals surface area (Å²) >= 11 is 0. The van der Waals surface area contributed by atoms with Crippen LogP contribution in [0.5, 0.6) is 11.5 Å². The number of nitriles is 2. The second-order valence-corrected chi connectivity index (χ2v) is 5.38. The second-order valence-electron chi connectivity index (χ2n) is 5.38. The van der Waals surface area contributed by atoms with Crippen LogP contribution in [0.25, 0.3) is 21.8 Å². The Morgan fingerprint density at radius 2 is 1.24 bits per heavy atom. The first-order valence-corrected chi connectivity index (χ1v) is 7.46. The normalized spacial score (nSPS) is 10.3. The number of nitrogens with zero attached hydrogens (tertiary/aromatic N) is 2. The Morgan fingerprint density at radius 1 is 0.760 bits per heavy atom. The molecule has 117 valence electrons. The van der Waals surface area contributed by atoms with Crippen LogP contribution in [0.4, 0.5) is 0 Å². The van der Waals surface area contributed by atoms with Crippen LogP contribution in [-0.4, -0.2) is 17.7 Å². The van der Waals surface area contributed by atoms with E-state index in [1.54, 1.807) is 36.7 Å². The third kappa shape index (κ3) is 2.64. The zero-order valence-corrected chi connectivity index (χ0v) is 12.9. The lowest BCUT2D eigenvalue weighted by Crippen LogP contribution is -2.10. The van der Waals surface area contributed by atoms with Crippen LogP contribution in [0.2, 0.25) is 0 Å². The molecule has 0 bridgehead atoms. The fourth-order valence-corrected chi connectivity index (χ4v) is 2.67. The van der Waals surface area contributed by atoms with Crippen molar-refractivity contribution in [3.63, 3.8) is 0 Å². The average molecular weight is 325 g/mol. The number of aromatic amines is 2. The molecule has 0 unspecified atom stereocenters. The van der Waals surface area contributed by atoms with Gasteiger partial charge in [0.25, 0.3) is 0 Å². The minimum Gasteiger partial charge on any atom is -0.526 e. The summed E-state index contributed by atoms with van der Waals surface area (Å²) in [5, 5.41) is 19.8. The van der Waals surface area contributed by atoms with Crippen LogP contribution in [0.3, 0.4) is 0 Å². The van der Waals surface area contributed by atoms with Gasteiger partial charge in [-0.25, -0.2) is 0 Å². The molecular formula is C18H10BN4O2. The molecule has 0 amide bonds. The van der Waals surface area contributed by atoms with E-state index < -0.39 is 0 Å². The van der Waals surface area contributed by atoms with E-state index in [4.69, 9.17) is 19.8 Å². The quantitative estimate of drug-likeness (QED) is 0.562. The topological polar surface area (TPSA) is 97.6 Å². The molecule has 0 saturated carbocycles. The van der Waals surface area contributed by atoms with E-state index in [0.29, 0.717) is 22.6 Å². The minimum atomic E-state index is 0.559. The molecule has 0 fully saturated rings.